The van der Waals surface area contributed by atoms with Crippen molar-refractivity contribution in [2.75, 3.05) is 19.6 Å². The number of hydrogen-bond donors (Lipinski definition) is 1. The molecule has 0 fully saturated rings. The van der Waals surface area contributed by atoms with Crippen LogP contribution in [0.2, 0.25) is 0 Å². The Labute approximate surface area is 123 Å². The SMILES string of the molecule is CCCN(CC)S(=O)(=O)c1cc(CNCC)n(CC)c1. The van der Waals surface area contributed by atoms with Crippen molar-refractivity contribution in [1.82, 2.24) is 14.2 Å². The van der Waals surface area contributed by atoms with Crippen LogP contribution in [0.4, 0.5) is 0 Å². The molecule has 1 aromatic rings. The van der Waals surface area contributed by atoms with Crippen LogP contribution in [-0.2, 0) is 23.1 Å². The molecule has 0 spiro atoms. The summed E-state index contributed by atoms with van der Waals surface area (Å²) in [6, 6.07) is 1.79. The summed E-state index contributed by atoms with van der Waals surface area (Å²) in [7, 11) is -3.37. The normalized spacial score (nSPS) is 12.2. The first kappa shape index (κ1) is 17.2. The van der Waals surface area contributed by atoms with Crippen molar-refractivity contribution in [2.45, 2.75) is 52.1 Å². The fourth-order valence-corrected chi connectivity index (χ4v) is 3.82. The molecule has 6 heteroatoms. The molecule has 116 valence electrons. The summed E-state index contributed by atoms with van der Waals surface area (Å²) in [6.07, 6.45) is 2.58. The Hall–Kier alpha value is -0.850. The van der Waals surface area contributed by atoms with Crippen LogP contribution >= 0.6 is 0 Å². The van der Waals surface area contributed by atoms with Crippen molar-refractivity contribution >= 4 is 10.0 Å². The number of rotatable bonds is 9. The van der Waals surface area contributed by atoms with Gasteiger partial charge in [-0.1, -0.05) is 20.8 Å². The Morgan fingerprint density at radius 3 is 2.45 bits per heavy atom. The minimum absolute atomic E-state index is 0.405. The molecule has 0 radical (unpaired) electrons. The van der Waals surface area contributed by atoms with E-state index in [1.54, 1.807) is 16.6 Å². The molecular weight excluding hydrogens is 274 g/mol. The molecule has 0 aromatic carbocycles. The van der Waals surface area contributed by atoms with Crippen LogP contribution in [-0.4, -0.2) is 36.9 Å². The van der Waals surface area contributed by atoms with Crippen LogP contribution in [0, 0.1) is 0 Å². The Morgan fingerprint density at radius 2 is 1.95 bits per heavy atom. The standard InChI is InChI=1S/C14H27N3O2S/c1-5-9-17(8-4)20(18,19)14-10-13(11-15-6-2)16(7-3)12-14/h10,12,15H,5-9,11H2,1-4H3. The number of aryl methyl sites for hydroxylation is 1. The van der Waals surface area contributed by atoms with Gasteiger partial charge in [-0.25, -0.2) is 8.42 Å². The number of sulfonamides is 1. The second kappa shape index (κ2) is 7.81. The topological polar surface area (TPSA) is 54.3 Å². The molecule has 0 aliphatic carbocycles. The maximum absolute atomic E-state index is 12.6. The molecule has 0 aliphatic heterocycles. The summed E-state index contributed by atoms with van der Waals surface area (Å²) in [5, 5.41) is 3.24. The first-order chi connectivity index (χ1) is 9.51. The summed E-state index contributed by atoms with van der Waals surface area (Å²) in [6.45, 7) is 11.3. The van der Waals surface area contributed by atoms with E-state index in [0.29, 0.717) is 24.5 Å². The third kappa shape index (κ3) is 3.84. The monoisotopic (exact) mass is 301 g/mol. The highest BCUT2D eigenvalue weighted by molar-refractivity contribution is 7.89. The molecule has 1 N–H and O–H groups in total. The largest absolute Gasteiger partial charge is 0.349 e. The Kier molecular flexibility index (Phi) is 6.71. The number of aromatic nitrogens is 1. The molecule has 5 nitrogen and oxygen atoms in total. The van der Waals surface area contributed by atoms with Gasteiger partial charge in [0.05, 0.1) is 0 Å². The maximum atomic E-state index is 12.6. The zero-order valence-electron chi connectivity index (χ0n) is 13.0. The molecule has 0 saturated heterocycles. The van der Waals surface area contributed by atoms with E-state index >= 15 is 0 Å². The van der Waals surface area contributed by atoms with Crippen molar-refractivity contribution in [3.05, 3.63) is 18.0 Å². The summed E-state index contributed by atoms with van der Waals surface area (Å²) < 4.78 is 28.7. The summed E-state index contributed by atoms with van der Waals surface area (Å²) in [4.78, 5) is 0.405. The van der Waals surface area contributed by atoms with Crippen molar-refractivity contribution in [1.29, 1.82) is 0 Å². The minimum atomic E-state index is -3.37. The minimum Gasteiger partial charge on any atom is -0.349 e. The fourth-order valence-electron chi connectivity index (χ4n) is 2.21. The second-order valence-corrected chi connectivity index (χ2v) is 6.67. The molecule has 1 rings (SSSR count). The van der Waals surface area contributed by atoms with Gasteiger partial charge in [0.25, 0.3) is 0 Å². The number of hydrogen-bond acceptors (Lipinski definition) is 3. The molecule has 0 saturated carbocycles. The van der Waals surface area contributed by atoms with Gasteiger partial charge in [0.2, 0.25) is 10.0 Å². The van der Waals surface area contributed by atoms with E-state index < -0.39 is 10.0 Å². The van der Waals surface area contributed by atoms with E-state index in [9.17, 15) is 8.42 Å². The van der Waals surface area contributed by atoms with E-state index in [-0.39, 0.29) is 0 Å². The number of nitrogens with zero attached hydrogens (tertiary/aromatic N) is 2. The van der Waals surface area contributed by atoms with E-state index in [2.05, 4.69) is 5.32 Å². The zero-order valence-corrected chi connectivity index (χ0v) is 13.8. The molecule has 1 heterocycles. The van der Waals surface area contributed by atoms with Gasteiger partial charge in [-0.2, -0.15) is 4.31 Å². The first-order valence-corrected chi connectivity index (χ1v) is 8.85. The van der Waals surface area contributed by atoms with E-state index in [0.717, 1.165) is 25.2 Å². The predicted molar refractivity (Wildman–Crippen MR) is 82.2 cm³/mol. The lowest BCUT2D eigenvalue weighted by Gasteiger charge is -2.18. The van der Waals surface area contributed by atoms with Crippen LogP contribution in [0.5, 0.6) is 0 Å². The molecule has 0 amide bonds. The third-order valence-corrected chi connectivity index (χ3v) is 5.26. The van der Waals surface area contributed by atoms with Gasteiger partial charge in [-0.3, -0.25) is 0 Å². The highest BCUT2D eigenvalue weighted by Crippen LogP contribution is 2.19. The van der Waals surface area contributed by atoms with Gasteiger partial charge < -0.3 is 9.88 Å². The predicted octanol–water partition coefficient (Wildman–Crippen LogP) is 2.04. The van der Waals surface area contributed by atoms with Crippen LogP contribution in [0.25, 0.3) is 0 Å². The van der Waals surface area contributed by atoms with Gasteiger partial charge in [0.1, 0.15) is 4.90 Å². The average Bonchev–Trinajstić information content (AvgIpc) is 2.86. The van der Waals surface area contributed by atoms with Crippen molar-refractivity contribution in [3.63, 3.8) is 0 Å². The van der Waals surface area contributed by atoms with Crippen molar-refractivity contribution in [2.24, 2.45) is 0 Å². The lowest BCUT2D eigenvalue weighted by molar-refractivity contribution is 0.427. The Morgan fingerprint density at radius 1 is 1.25 bits per heavy atom. The number of nitrogens with one attached hydrogen (secondary N) is 1. The van der Waals surface area contributed by atoms with E-state index in [1.165, 1.54) is 0 Å². The average molecular weight is 301 g/mol. The quantitative estimate of drug-likeness (QED) is 0.759. The Bertz CT molecular complexity index is 508. The fraction of sp³-hybridized carbons (Fsp3) is 0.714. The van der Waals surface area contributed by atoms with Crippen molar-refractivity contribution < 1.29 is 8.42 Å². The molecule has 0 bridgehead atoms. The van der Waals surface area contributed by atoms with E-state index in [4.69, 9.17) is 0 Å². The van der Waals surface area contributed by atoms with Crippen LogP contribution in [0.3, 0.4) is 0 Å². The highest BCUT2D eigenvalue weighted by Gasteiger charge is 2.24. The second-order valence-electron chi connectivity index (χ2n) is 4.73. The first-order valence-electron chi connectivity index (χ1n) is 7.41. The summed E-state index contributed by atoms with van der Waals surface area (Å²) in [5.74, 6) is 0. The van der Waals surface area contributed by atoms with Gasteiger partial charge in [-0.15, -0.1) is 0 Å². The molecule has 0 atom stereocenters. The van der Waals surface area contributed by atoms with Crippen LogP contribution in [0.1, 0.15) is 39.8 Å². The van der Waals surface area contributed by atoms with Crippen molar-refractivity contribution in [3.8, 4) is 0 Å². The Balaban J connectivity index is 3.08. The van der Waals surface area contributed by atoms with Gasteiger partial charge in [0, 0.05) is 38.1 Å². The highest BCUT2D eigenvalue weighted by atomic mass is 32.2. The van der Waals surface area contributed by atoms with Crippen LogP contribution < -0.4 is 5.32 Å². The van der Waals surface area contributed by atoms with E-state index in [1.807, 2.05) is 32.3 Å². The smallest absolute Gasteiger partial charge is 0.244 e. The third-order valence-electron chi connectivity index (χ3n) is 3.32. The lowest BCUT2D eigenvalue weighted by Crippen LogP contribution is -2.31. The zero-order chi connectivity index (χ0) is 15.2. The molecule has 20 heavy (non-hydrogen) atoms. The summed E-state index contributed by atoms with van der Waals surface area (Å²) in [5.41, 5.74) is 1.01. The summed E-state index contributed by atoms with van der Waals surface area (Å²) >= 11 is 0. The molecule has 0 unspecified atom stereocenters. The van der Waals surface area contributed by atoms with Gasteiger partial charge in [-0.05, 0) is 26.0 Å². The lowest BCUT2D eigenvalue weighted by atomic mass is 10.4. The van der Waals surface area contributed by atoms with Crippen LogP contribution in [0.15, 0.2) is 17.2 Å². The maximum Gasteiger partial charge on any atom is 0.244 e. The molecule has 0 aliphatic rings. The molecule has 1 aromatic heterocycles. The van der Waals surface area contributed by atoms with Gasteiger partial charge >= 0.3 is 0 Å². The molecular formula is C14H27N3O2S. The van der Waals surface area contributed by atoms with Gasteiger partial charge in [0.15, 0.2) is 0 Å².